The topological polar surface area (TPSA) is 50.9 Å². The highest BCUT2D eigenvalue weighted by Crippen LogP contribution is 2.36. The van der Waals surface area contributed by atoms with Crippen molar-refractivity contribution in [2.24, 2.45) is 7.05 Å². The van der Waals surface area contributed by atoms with Crippen LogP contribution < -0.4 is 5.19 Å². The maximum absolute atomic E-state index is 10.7. The van der Waals surface area contributed by atoms with Crippen LogP contribution in [0.2, 0.25) is 19.6 Å². The van der Waals surface area contributed by atoms with Gasteiger partial charge >= 0.3 is 0 Å². The molecule has 170 valence electrons. The van der Waals surface area contributed by atoms with Gasteiger partial charge in [-0.2, -0.15) is 0 Å². The number of para-hydroxylation sites is 2. The standard InChI is InChI=1S/C29H29N3OSi/c1-19-9-6-13-24(28(19)33)29-31-27-23(12-8-14-26(27)32(29)2)20-10-7-11-21(17-20)25-18-22(15-16-30-25)34(3,4)5/h6-18,33H,1-5H3. The van der Waals surface area contributed by atoms with Crippen LogP contribution in [-0.2, 0) is 7.05 Å². The van der Waals surface area contributed by atoms with Crippen molar-refractivity contribution >= 4 is 24.3 Å². The van der Waals surface area contributed by atoms with Crippen LogP contribution in [0.25, 0.3) is 44.8 Å². The average molecular weight is 464 g/mol. The summed E-state index contributed by atoms with van der Waals surface area (Å²) < 4.78 is 2.05. The number of hydrogen-bond donors (Lipinski definition) is 1. The zero-order valence-corrected chi connectivity index (χ0v) is 21.3. The lowest BCUT2D eigenvalue weighted by Gasteiger charge is -2.17. The predicted molar refractivity (Wildman–Crippen MR) is 144 cm³/mol. The van der Waals surface area contributed by atoms with Crippen LogP contribution in [0, 0.1) is 6.92 Å². The minimum absolute atomic E-state index is 0.276. The van der Waals surface area contributed by atoms with Gasteiger partial charge in [0, 0.05) is 24.4 Å². The first kappa shape index (κ1) is 22.1. The van der Waals surface area contributed by atoms with Crippen LogP contribution in [0.4, 0.5) is 0 Å². The molecule has 1 N–H and O–H groups in total. The molecule has 5 heteroatoms. The molecule has 2 aromatic heterocycles. The zero-order valence-electron chi connectivity index (χ0n) is 20.3. The van der Waals surface area contributed by atoms with E-state index in [0.29, 0.717) is 0 Å². The Bertz CT molecular complexity index is 1530. The molecule has 4 nitrogen and oxygen atoms in total. The number of rotatable bonds is 4. The van der Waals surface area contributed by atoms with Crippen molar-refractivity contribution in [3.8, 4) is 39.5 Å². The van der Waals surface area contributed by atoms with E-state index in [2.05, 4.69) is 83.8 Å². The lowest BCUT2D eigenvalue weighted by Crippen LogP contribution is -2.37. The number of fused-ring (bicyclic) bond motifs is 1. The number of phenolic OH excluding ortho intramolecular Hbond substituents is 1. The molecule has 0 bridgehead atoms. The van der Waals surface area contributed by atoms with Crippen LogP contribution >= 0.6 is 0 Å². The first-order valence-corrected chi connectivity index (χ1v) is 15.1. The van der Waals surface area contributed by atoms with E-state index in [0.717, 1.165) is 50.4 Å². The lowest BCUT2D eigenvalue weighted by atomic mass is 10.0. The molecule has 0 atom stereocenters. The quantitative estimate of drug-likeness (QED) is 0.308. The molecule has 0 amide bonds. The third-order valence-corrected chi connectivity index (χ3v) is 8.53. The summed E-state index contributed by atoms with van der Waals surface area (Å²) in [5, 5.41) is 12.1. The molecule has 0 unspecified atom stereocenters. The van der Waals surface area contributed by atoms with Crippen molar-refractivity contribution < 1.29 is 5.11 Å². The molecule has 0 aliphatic carbocycles. The SMILES string of the molecule is Cc1cccc(-c2nc3c(-c4cccc(-c5cc([Si](C)(C)C)ccn5)c4)cccc3n2C)c1O. The lowest BCUT2D eigenvalue weighted by molar-refractivity contribution is 0.472. The fourth-order valence-corrected chi connectivity index (χ4v) is 5.57. The van der Waals surface area contributed by atoms with E-state index < -0.39 is 8.07 Å². The summed E-state index contributed by atoms with van der Waals surface area (Å²) in [7, 11) is 0.569. The van der Waals surface area contributed by atoms with Gasteiger partial charge in [0.1, 0.15) is 11.6 Å². The number of aromatic hydroxyl groups is 1. The number of imidazole rings is 1. The van der Waals surface area contributed by atoms with Crippen LogP contribution in [0.3, 0.4) is 0 Å². The summed E-state index contributed by atoms with van der Waals surface area (Å²) in [6, 6.07) is 24.9. The van der Waals surface area contributed by atoms with Gasteiger partial charge in [-0.05, 0) is 48.4 Å². The predicted octanol–water partition coefficient (Wildman–Crippen LogP) is 6.53. The van der Waals surface area contributed by atoms with Gasteiger partial charge in [-0.15, -0.1) is 0 Å². The summed E-state index contributed by atoms with van der Waals surface area (Å²) in [6.45, 7) is 8.97. The Morgan fingerprint density at radius 3 is 2.32 bits per heavy atom. The van der Waals surface area contributed by atoms with Crippen LogP contribution in [0.15, 0.2) is 79.0 Å². The van der Waals surface area contributed by atoms with Crippen LogP contribution in [-0.4, -0.2) is 27.7 Å². The number of benzene rings is 3. The molecule has 5 rings (SSSR count). The monoisotopic (exact) mass is 463 g/mol. The second kappa shape index (κ2) is 8.26. The Hall–Kier alpha value is -3.70. The highest BCUT2D eigenvalue weighted by atomic mass is 28.3. The maximum atomic E-state index is 10.7. The Labute approximate surface area is 201 Å². The molecule has 0 fully saturated rings. The number of pyridine rings is 1. The van der Waals surface area contributed by atoms with E-state index in [4.69, 9.17) is 4.98 Å². The van der Waals surface area contributed by atoms with Gasteiger partial charge in [-0.1, -0.05) is 67.3 Å². The van der Waals surface area contributed by atoms with Gasteiger partial charge in [0.25, 0.3) is 0 Å². The molecule has 0 aliphatic rings. The Balaban J connectivity index is 1.65. The number of aromatic nitrogens is 3. The Morgan fingerprint density at radius 1 is 0.824 bits per heavy atom. The van der Waals surface area contributed by atoms with E-state index >= 15 is 0 Å². The Morgan fingerprint density at radius 2 is 1.53 bits per heavy atom. The molecule has 34 heavy (non-hydrogen) atoms. The van der Waals surface area contributed by atoms with Crippen LogP contribution in [0.5, 0.6) is 5.75 Å². The van der Waals surface area contributed by atoms with Gasteiger partial charge in [0.2, 0.25) is 0 Å². The van der Waals surface area contributed by atoms with Crippen LogP contribution in [0.1, 0.15) is 5.56 Å². The summed E-state index contributed by atoms with van der Waals surface area (Å²) in [5.41, 5.74) is 7.79. The minimum Gasteiger partial charge on any atom is -0.507 e. The third-order valence-electron chi connectivity index (χ3n) is 6.49. The number of hydrogen-bond acceptors (Lipinski definition) is 3. The van der Waals surface area contributed by atoms with Crippen molar-refractivity contribution in [2.75, 3.05) is 0 Å². The molecule has 0 saturated heterocycles. The largest absolute Gasteiger partial charge is 0.507 e. The van der Waals surface area contributed by atoms with E-state index in [1.807, 2.05) is 38.4 Å². The van der Waals surface area contributed by atoms with Crippen molar-refractivity contribution in [3.63, 3.8) is 0 Å². The van der Waals surface area contributed by atoms with Gasteiger partial charge in [0.15, 0.2) is 0 Å². The highest BCUT2D eigenvalue weighted by molar-refractivity contribution is 6.88. The van der Waals surface area contributed by atoms with Crippen molar-refractivity contribution in [1.29, 1.82) is 0 Å². The fraction of sp³-hybridized carbons (Fsp3) is 0.172. The number of aryl methyl sites for hydroxylation is 2. The number of phenols is 1. The minimum atomic E-state index is -1.43. The first-order valence-electron chi connectivity index (χ1n) is 11.6. The smallest absolute Gasteiger partial charge is 0.144 e. The molecule has 2 heterocycles. The van der Waals surface area contributed by atoms with Gasteiger partial charge < -0.3 is 9.67 Å². The molecule has 5 aromatic rings. The van der Waals surface area contributed by atoms with Gasteiger partial charge in [-0.3, -0.25) is 4.98 Å². The van der Waals surface area contributed by atoms with E-state index in [9.17, 15) is 5.11 Å². The molecule has 0 aliphatic heterocycles. The average Bonchev–Trinajstić information content (AvgIpc) is 3.17. The summed E-state index contributed by atoms with van der Waals surface area (Å²) >= 11 is 0. The first-order chi connectivity index (χ1) is 16.2. The molecule has 3 aromatic carbocycles. The van der Waals surface area contributed by atoms with Crippen molar-refractivity contribution in [3.05, 3.63) is 84.6 Å². The third kappa shape index (κ3) is 3.82. The fourth-order valence-electron chi connectivity index (χ4n) is 4.43. The maximum Gasteiger partial charge on any atom is 0.144 e. The highest BCUT2D eigenvalue weighted by Gasteiger charge is 2.19. The number of nitrogens with zero attached hydrogens (tertiary/aromatic N) is 3. The Kier molecular flexibility index (Phi) is 5.37. The molecule has 0 saturated carbocycles. The zero-order chi connectivity index (χ0) is 24.0. The molecule has 0 radical (unpaired) electrons. The molecule has 0 spiro atoms. The second-order valence-corrected chi connectivity index (χ2v) is 15.0. The normalized spacial score (nSPS) is 11.8. The van der Waals surface area contributed by atoms with Crippen molar-refractivity contribution in [1.82, 2.24) is 14.5 Å². The second-order valence-electron chi connectivity index (χ2n) is 9.90. The summed E-state index contributed by atoms with van der Waals surface area (Å²) in [4.78, 5) is 9.67. The summed E-state index contributed by atoms with van der Waals surface area (Å²) in [5.74, 6) is 1.03. The van der Waals surface area contributed by atoms with E-state index in [-0.39, 0.29) is 5.75 Å². The van der Waals surface area contributed by atoms with E-state index in [1.54, 1.807) is 0 Å². The molecular formula is C29H29N3OSi. The molecular weight excluding hydrogens is 434 g/mol. The van der Waals surface area contributed by atoms with Gasteiger partial charge in [0.05, 0.1) is 30.4 Å². The van der Waals surface area contributed by atoms with Crippen molar-refractivity contribution in [2.45, 2.75) is 26.6 Å². The van der Waals surface area contributed by atoms with Gasteiger partial charge in [-0.25, -0.2) is 4.98 Å². The summed E-state index contributed by atoms with van der Waals surface area (Å²) in [6.07, 6.45) is 1.93. The van der Waals surface area contributed by atoms with E-state index in [1.165, 1.54) is 5.19 Å².